The molecule has 126 valence electrons. The number of hydrogen-bond donors (Lipinski definition) is 0. The highest BCUT2D eigenvalue weighted by Gasteiger charge is 2.26. The second kappa shape index (κ2) is 7.84. The first-order valence-electron chi connectivity index (χ1n) is 7.07. The van der Waals surface area contributed by atoms with Crippen molar-refractivity contribution in [1.82, 2.24) is 0 Å². The molecule has 0 N–H and O–H groups in total. The number of carbonyl (C=O) groups excluding carboxylic acids is 1. The zero-order chi connectivity index (χ0) is 17.6. The Morgan fingerprint density at radius 3 is 2.71 bits per heavy atom. The van der Waals surface area contributed by atoms with Crippen molar-refractivity contribution >= 4 is 23.8 Å². The van der Waals surface area contributed by atoms with Gasteiger partial charge in [0.1, 0.15) is 11.5 Å². The van der Waals surface area contributed by atoms with Crippen LogP contribution in [0, 0.1) is 12.3 Å². The van der Waals surface area contributed by atoms with E-state index in [-0.39, 0.29) is 18.9 Å². The molecule has 0 saturated carbocycles. The minimum absolute atomic E-state index is 0.0220. The number of terminal acetylenes is 1. The van der Waals surface area contributed by atoms with Crippen LogP contribution >= 0.6 is 11.6 Å². The van der Waals surface area contributed by atoms with Crippen LogP contribution in [-0.4, -0.2) is 30.0 Å². The fourth-order valence-corrected chi connectivity index (χ4v) is 1.87. The molecule has 2 atom stereocenters. The number of benzene rings is 1. The van der Waals surface area contributed by atoms with Gasteiger partial charge >= 0.3 is 5.97 Å². The highest BCUT2D eigenvalue weighted by atomic mass is 35.5. The monoisotopic (exact) mass is 351 g/mol. The summed E-state index contributed by atoms with van der Waals surface area (Å²) in [6.07, 6.45) is 6.65. The maximum atomic E-state index is 13.4. The van der Waals surface area contributed by atoms with E-state index in [1.54, 1.807) is 31.2 Å². The molecule has 0 fully saturated rings. The zero-order valence-electron chi connectivity index (χ0n) is 12.9. The number of carbonyl (C=O) groups is 1. The quantitative estimate of drug-likeness (QED) is 0.448. The summed E-state index contributed by atoms with van der Waals surface area (Å²) in [6, 6.07) is 6.50. The minimum Gasteiger partial charge on any atom is -0.479 e. The molecule has 7 heteroatoms. The Kier molecular flexibility index (Phi) is 5.83. The number of nitrogens with zero attached hydrogens (tertiary/aromatic N) is 1. The fraction of sp³-hybridized carbons (Fsp3) is 0.294. The third-order valence-electron chi connectivity index (χ3n) is 2.92. The maximum absolute atomic E-state index is 13.4. The fourth-order valence-electron chi connectivity index (χ4n) is 1.74. The normalized spacial score (nSPS) is 20.5. The van der Waals surface area contributed by atoms with Gasteiger partial charge in [-0.15, -0.1) is 6.42 Å². The molecule has 5 nitrogen and oxygen atoms in total. The van der Waals surface area contributed by atoms with Gasteiger partial charge in [-0.1, -0.05) is 17.5 Å². The third kappa shape index (κ3) is 5.28. The molecule has 0 bridgehead atoms. The standard InChI is InChI=1S/C17H15ClFNO4/c1-3-10-22-16(21)12(2)23-13-4-6-14(7-5-13)24-15-8-9-17(18,19)11-20-15/h1,4-8,11-12H,9-10H2,2H3. The Morgan fingerprint density at radius 1 is 1.46 bits per heavy atom. The van der Waals surface area contributed by atoms with Crippen LogP contribution < -0.4 is 9.47 Å². The summed E-state index contributed by atoms with van der Waals surface area (Å²) in [7, 11) is 0. The first-order valence-corrected chi connectivity index (χ1v) is 7.45. The summed E-state index contributed by atoms with van der Waals surface area (Å²) in [5.74, 6) is 2.84. The lowest BCUT2D eigenvalue weighted by atomic mass is 10.2. The number of esters is 1. The highest BCUT2D eigenvalue weighted by Crippen LogP contribution is 2.27. The smallest absolute Gasteiger partial charge is 0.347 e. The van der Waals surface area contributed by atoms with Crippen molar-refractivity contribution in [2.75, 3.05) is 6.61 Å². The summed E-state index contributed by atoms with van der Waals surface area (Å²) in [6.45, 7) is 1.46. The van der Waals surface area contributed by atoms with Crippen molar-refractivity contribution < 1.29 is 23.4 Å². The lowest BCUT2D eigenvalue weighted by Gasteiger charge is -2.16. The molecule has 1 aromatic carbocycles. The van der Waals surface area contributed by atoms with Crippen LogP contribution in [0.5, 0.6) is 11.5 Å². The molecule has 1 heterocycles. The third-order valence-corrected chi connectivity index (χ3v) is 3.17. The Bertz CT molecular complexity index is 692. The first kappa shape index (κ1) is 17.8. The second-order valence-electron chi connectivity index (χ2n) is 4.91. The van der Waals surface area contributed by atoms with E-state index in [1.165, 1.54) is 6.08 Å². The Balaban J connectivity index is 1.89. The molecule has 0 spiro atoms. The van der Waals surface area contributed by atoms with Gasteiger partial charge < -0.3 is 14.2 Å². The zero-order valence-corrected chi connectivity index (χ0v) is 13.6. The lowest BCUT2D eigenvalue weighted by molar-refractivity contribution is -0.149. The molecule has 1 aromatic rings. The van der Waals surface area contributed by atoms with Gasteiger partial charge in [0, 0.05) is 6.42 Å². The SMILES string of the molecule is C#CCOC(=O)C(C)Oc1ccc(OC2=CCC(F)(Cl)C=N2)cc1. The van der Waals surface area contributed by atoms with Gasteiger partial charge in [0.25, 0.3) is 0 Å². The predicted octanol–water partition coefficient (Wildman–Crippen LogP) is 3.23. The lowest BCUT2D eigenvalue weighted by Crippen LogP contribution is -2.26. The van der Waals surface area contributed by atoms with Crippen LogP contribution in [0.25, 0.3) is 0 Å². The topological polar surface area (TPSA) is 57.1 Å². The van der Waals surface area contributed by atoms with Crippen molar-refractivity contribution in [3.8, 4) is 23.8 Å². The molecule has 1 aliphatic rings. The molecular weight excluding hydrogens is 337 g/mol. The van der Waals surface area contributed by atoms with Crippen LogP contribution in [0.1, 0.15) is 13.3 Å². The van der Waals surface area contributed by atoms with E-state index in [0.29, 0.717) is 11.5 Å². The molecule has 0 amide bonds. The van der Waals surface area contributed by atoms with Crippen molar-refractivity contribution in [2.24, 2.45) is 4.99 Å². The molecule has 2 rings (SSSR count). The van der Waals surface area contributed by atoms with Gasteiger partial charge in [0.2, 0.25) is 11.0 Å². The highest BCUT2D eigenvalue weighted by molar-refractivity contribution is 6.31. The van der Waals surface area contributed by atoms with Gasteiger partial charge in [-0.25, -0.2) is 14.2 Å². The van der Waals surface area contributed by atoms with Crippen molar-refractivity contribution in [3.05, 3.63) is 36.2 Å². The number of hydrogen-bond acceptors (Lipinski definition) is 5. The summed E-state index contributed by atoms with van der Waals surface area (Å²) in [5, 5.41) is -1.96. The maximum Gasteiger partial charge on any atom is 0.347 e. The summed E-state index contributed by atoms with van der Waals surface area (Å²) < 4.78 is 29.0. The number of aliphatic imine (C=N–C) groups is 1. The summed E-state index contributed by atoms with van der Waals surface area (Å²) in [5.41, 5.74) is 0. The van der Waals surface area contributed by atoms with Crippen molar-refractivity contribution in [3.63, 3.8) is 0 Å². The van der Waals surface area contributed by atoms with E-state index >= 15 is 0 Å². The van der Waals surface area contributed by atoms with Crippen molar-refractivity contribution in [2.45, 2.75) is 24.6 Å². The molecule has 0 aromatic heterocycles. The van der Waals surface area contributed by atoms with Crippen LogP contribution in [-0.2, 0) is 9.53 Å². The predicted molar refractivity (Wildman–Crippen MR) is 87.8 cm³/mol. The summed E-state index contributed by atoms with van der Waals surface area (Å²) >= 11 is 5.49. The van der Waals surface area contributed by atoms with Gasteiger partial charge in [0.05, 0.1) is 6.21 Å². The summed E-state index contributed by atoms with van der Waals surface area (Å²) in [4.78, 5) is 15.4. The van der Waals surface area contributed by atoms with Crippen LogP contribution in [0.3, 0.4) is 0 Å². The van der Waals surface area contributed by atoms with E-state index in [4.69, 9.17) is 32.2 Å². The van der Waals surface area contributed by atoms with E-state index in [2.05, 4.69) is 10.9 Å². The number of alkyl halides is 2. The van der Waals surface area contributed by atoms with E-state index in [0.717, 1.165) is 6.21 Å². The molecule has 2 unspecified atom stereocenters. The van der Waals surface area contributed by atoms with Gasteiger partial charge in [0.15, 0.2) is 12.7 Å². The number of halogens is 2. The molecule has 1 aliphatic heterocycles. The minimum atomic E-state index is -1.96. The number of ether oxygens (including phenoxy) is 3. The number of allylic oxidation sites excluding steroid dienone is 1. The van der Waals surface area contributed by atoms with E-state index in [9.17, 15) is 9.18 Å². The van der Waals surface area contributed by atoms with Crippen LogP contribution in [0.4, 0.5) is 4.39 Å². The Labute approximate surface area is 144 Å². The molecular formula is C17H15ClFNO4. The Hall–Kier alpha value is -2.52. The van der Waals surface area contributed by atoms with Gasteiger partial charge in [-0.3, -0.25) is 0 Å². The second-order valence-corrected chi connectivity index (χ2v) is 5.54. The molecule has 0 aliphatic carbocycles. The largest absolute Gasteiger partial charge is 0.479 e. The molecule has 0 radical (unpaired) electrons. The molecule has 24 heavy (non-hydrogen) atoms. The van der Waals surface area contributed by atoms with Crippen LogP contribution in [0.2, 0.25) is 0 Å². The average Bonchev–Trinajstić information content (AvgIpc) is 2.56. The van der Waals surface area contributed by atoms with E-state index < -0.39 is 17.2 Å². The first-order chi connectivity index (χ1) is 11.4. The molecule has 0 saturated heterocycles. The van der Waals surface area contributed by atoms with Gasteiger partial charge in [-0.2, -0.15) is 0 Å². The Morgan fingerprint density at radius 2 is 2.12 bits per heavy atom. The number of rotatable bonds is 6. The van der Waals surface area contributed by atoms with E-state index in [1.807, 2.05) is 0 Å². The van der Waals surface area contributed by atoms with Crippen molar-refractivity contribution in [1.29, 1.82) is 0 Å². The average molecular weight is 352 g/mol. The van der Waals surface area contributed by atoms with Crippen LogP contribution in [0.15, 0.2) is 41.2 Å². The van der Waals surface area contributed by atoms with Gasteiger partial charge in [-0.05, 0) is 37.3 Å².